The van der Waals surface area contributed by atoms with Crippen molar-refractivity contribution in [2.75, 3.05) is 40.4 Å². The van der Waals surface area contributed by atoms with E-state index in [0.29, 0.717) is 6.54 Å². The summed E-state index contributed by atoms with van der Waals surface area (Å²) in [4.78, 5) is 4.96. The van der Waals surface area contributed by atoms with Crippen LogP contribution in [-0.2, 0) is 13.1 Å². The molecule has 0 spiro atoms. The summed E-state index contributed by atoms with van der Waals surface area (Å²) in [6, 6.07) is 26.7. The van der Waals surface area contributed by atoms with Crippen LogP contribution in [0.15, 0.2) is 78.9 Å². The molecule has 8 heteroatoms. The maximum atomic E-state index is 5.82. The number of nitrogens with zero attached hydrogens (tertiary/aromatic N) is 6. The molecule has 8 nitrogen and oxygen atoms in total. The number of hydrogen-bond donors (Lipinski definition) is 0. The molecule has 36 heavy (non-hydrogen) atoms. The lowest BCUT2D eigenvalue weighted by Crippen LogP contribution is -2.48. The maximum Gasteiger partial charge on any atom is 0.173 e. The molecule has 186 valence electrons. The van der Waals surface area contributed by atoms with Gasteiger partial charge in [0.2, 0.25) is 0 Å². The van der Waals surface area contributed by atoms with E-state index in [1.54, 1.807) is 14.2 Å². The molecule has 1 fully saturated rings. The van der Waals surface area contributed by atoms with Crippen molar-refractivity contribution in [1.82, 2.24) is 30.0 Å². The third-order valence-electron chi connectivity index (χ3n) is 6.74. The van der Waals surface area contributed by atoms with Crippen molar-refractivity contribution in [2.45, 2.75) is 19.1 Å². The number of piperazine rings is 1. The fourth-order valence-corrected chi connectivity index (χ4v) is 4.84. The van der Waals surface area contributed by atoms with Crippen molar-refractivity contribution in [1.29, 1.82) is 0 Å². The van der Waals surface area contributed by atoms with E-state index in [0.717, 1.165) is 61.2 Å². The van der Waals surface area contributed by atoms with Gasteiger partial charge in [-0.15, -0.1) is 5.10 Å². The molecule has 5 rings (SSSR count). The molecule has 1 saturated heterocycles. The van der Waals surface area contributed by atoms with Crippen LogP contribution < -0.4 is 9.47 Å². The van der Waals surface area contributed by atoms with Crippen LogP contribution in [0.4, 0.5) is 0 Å². The lowest BCUT2D eigenvalue weighted by molar-refractivity contribution is 0.0992. The summed E-state index contributed by atoms with van der Waals surface area (Å²) in [6.07, 6.45) is 0. The molecule has 0 unspecified atom stereocenters. The average Bonchev–Trinajstić information content (AvgIpc) is 3.38. The minimum Gasteiger partial charge on any atom is -0.497 e. The Labute approximate surface area is 212 Å². The molecular weight excluding hydrogens is 452 g/mol. The largest absolute Gasteiger partial charge is 0.497 e. The van der Waals surface area contributed by atoms with E-state index in [-0.39, 0.29) is 6.04 Å². The predicted octanol–water partition coefficient (Wildman–Crippen LogP) is 3.65. The molecule has 4 aromatic rings. The van der Waals surface area contributed by atoms with Crippen LogP contribution in [0.1, 0.15) is 28.6 Å². The van der Waals surface area contributed by atoms with Crippen LogP contribution in [-0.4, -0.2) is 70.4 Å². The minimum atomic E-state index is -0.150. The Kier molecular flexibility index (Phi) is 7.54. The van der Waals surface area contributed by atoms with Crippen molar-refractivity contribution in [3.8, 4) is 11.5 Å². The third kappa shape index (κ3) is 5.40. The number of tetrazole rings is 1. The van der Waals surface area contributed by atoms with E-state index in [2.05, 4.69) is 73.9 Å². The van der Waals surface area contributed by atoms with Gasteiger partial charge >= 0.3 is 0 Å². The van der Waals surface area contributed by atoms with E-state index >= 15 is 0 Å². The van der Waals surface area contributed by atoms with E-state index in [1.165, 1.54) is 5.56 Å². The van der Waals surface area contributed by atoms with Gasteiger partial charge in [0.25, 0.3) is 0 Å². The van der Waals surface area contributed by atoms with E-state index in [1.807, 2.05) is 35.0 Å². The second-order valence-electron chi connectivity index (χ2n) is 8.99. The van der Waals surface area contributed by atoms with Crippen LogP contribution in [0, 0.1) is 0 Å². The first kappa shape index (κ1) is 24.0. The highest BCUT2D eigenvalue weighted by molar-refractivity contribution is 5.44. The zero-order valence-electron chi connectivity index (χ0n) is 20.8. The monoisotopic (exact) mass is 484 g/mol. The molecule has 0 saturated carbocycles. The zero-order chi connectivity index (χ0) is 24.7. The van der Waals surface area contributed by atoms with Gasteiger partial charge < -0.3 is 9.47 Å². The first-order chi connectivity index (χ1) is 17.7. The zero-order valence-corrected chi connectivity index (χ0v) is 20.8. The Morgan fingerprint density at radius 1 is 0.778 bits per heavy atom. The van der Waals surface area contributed by atoms with E-state index in [9.17, 15) is 0 Å². The van der Waals surface area contributed by atoms with Crippen LogP contribution in [0.3, 0.4) is 0 Å². The van der Waals surface area contributed by atoms with Crippen molar-refractivity contribution >= 4 is 0 Å². The van der Waals surface area contributed by atoms with Gasteiger partial charge in [-0.2, -0.15) is 0 Å². The number of methoxy groups -OCH3 is 2. The van der Waals surface area contributed by atoms with E-state index < -0.39 is 0 Å². The summed E-state index contributed by atoms with van der Waals surface area (Å²) in [7, 11) is 3.36. The van der Waals surface area contributed by atoms with E-state index in [4.69, 9.17) is 9.47 Å². The van der Waals surface area contributed by atoms with Gasteiger partial charge in [-0.1, -0.05) is 60.7 Å². The van der Waals surface area contributed by atoms with Gasteiger partial charge in [0.15, 0.2) is 5.82 Å². The SMILES string of the molecule is COc1ccc([C@@H](c2nnnn2Cc2ccccc2)N2CCN(Cc3ccccc3)CC2)c(OC)c1. The Morgan fingerprint density at radius 2 is 1.44 bits per heavy atom. The fraction of sp³-hybridized carbons (Fsp3) is 0.321. The van der Waals surface area contributed by atoms with Gasteiger partial charge in [-0.3, -0.25) is 9.80 Å². The molecule has 0 N–H and O–H groups in total. The summed E-state index contributed by atoms with van der Waals surface area (Å²) < 4.78 is 13.2. The Bertz CT molecular complexity index is 1240. The molecule has 1 atom stereocenters. The highest BCUT2D eigenvalue weighted by Crippen LogP contribution is 2.36. The normalized spacial score (nSPS) is 15.5. The minimum absolute atomic E-state index is 0.150. The number of rotatable bonds is 9. The molecule has 3 aromatic carbocycles. The smallest absolute Gasteiger partial charge is 0.173 e. The fourth-order valence-electron chi connectivity index (χ4n) is 4.84. The number of hydrogen-bond acceptors (Lipinski definition) is 7. The average molecular weight is 485 g/mol. The van der Waals surface area contributed by atoms with Crippen LogP contribution >= 0.6 is 0 Å². The van der Waals surface area contributed by atoms with Gasteiger partial charge in [-0.25, -0.2) is 4.68 Å². The molecule has 0 radical (unpaired) electrons. The van der Waals surface area contributed by atoms with Gasteiger partial charge in [-0.05, 0) is 33.7 Å². The highest BCUT2D eigenvalue weighted by atomic mass is 16.5. The molecule has 1 aromatic heterocycles. The second kappa shape index (κ2) is 11.3. The topological polar surface area (TPSA) is 68.5 Å². The molecule has 1 aliphatic rings. The lowest BCUT2D eigenvalue weighted by Gasteiger charge is -2.39. The summed E-state index contributed by atoms with van der Waals surface area (Å²) in [6.45, 7) is 5.27. The number of benzene rings is 3. The van der Waals surface area contributed by atoms with Gasteiger partial charge in [0, 0.05) is 44.4 Å². The van der Waals surface area contributed by atoms with Crippen LogP contribution in [0.25, 0.3) is 0 Å². The van der Waals surface area contributed by atoms with Gasteiger partial charge in [0.1, 0.15) is 17.5 Å². The summed E-state index contributed by atoms with van der Waals surface area (Å²) >= 11 is 0. The molecular formula is C28H32N6O2. The van der Waals surface area contributed by atoms with Crippen molar-refractivity contribution < 1.29 is 9.47 Å². The number of aromatic nitrogens is 4. The summed E-state index contributed by atoms with van der Waals surface area (Å²) in [5.41, 5.74) is 3.52. The van der Waals surface area contributed by atoms with Crippen molar-refractivity contribution in [3.63, 3.8) is 0 Å². The molecule has 2 heterocycles. The molecule has 0 aliphatic carbocycles. The summed E-state index contributed by atoms with van der Waals surface area (Å²) in [5, 5.41) is 13.0. The second-order valence-corrected chi connectivity index (χ2v) is 8.99. The predicted molar refractivity (Wildman–Crippen MR) is 138 cm³/mol. The van der Waals surface area contributed by atoms with Crippen molar-refractivity contribution in [3.05, 3.63) is 101 Å². The molecule has 0 amide bonds. The number of ether oxygens (including phenoxy) is 2. The van der Waals surface area contributed by atoms with Gasteiger partial charge in [0.05, 0.1) is 20.8 Å². The van der Waals surface area contributed by atoms with Crippen LogP contribution in [0.5, 0.6) is 11.5 Å². The first-order valence-electron chi connectivity index (χ1n) is 12.3. The Hall–Kier alpha value is -3.75. The standard InChI is InChI=1S/C28H32N6O2/c1-35-24-13-14-25(26(19-24)36-2)27(28-29-30-31-34(28)21-23-11-7-4-8-12-23)33-17-15-32(16-18-33)20-22-9-5-3-6-10-22/h3-14,19,27H,15-18,20-21H2,1-2H3/t27-/m0/s1. The summed E-state index contributed by atoms with van der Waals surface area (Å²) in [5.74, 6) is 2.32. The first-order valence-corrected chi connectivity index (χ1v) is 12.3. The third-order valence-corrected chi connectivity index (χ3v) is 6.74. The molecule has 1 aliphatic heterocycles. The lowest BCUT2D eigenvalue weighted by atomic mass is 10.0. The molecule has 0 bridgehead atoms. The van der Waals surface area contributed by atoms with Crippen molar-refractivity contribution in [2.24, 2.45) is 0 Å². The Balaban J connectivity index is 1.44. The quantitative estimate of drug-likeness (QED) is 0.359. The maximum absolute atomic E-state index is 5.82. The highest BCUT2D eigenvalue weighted by Gasteiger charge is 2.32. The van der Waals surface area contributed by atoms with Crippen LogP contribution in [0.2, 0.25) is 0 Å². The Morgan fingerprint density at radius 3 is 2.08 bits per heavy atom.